The van der Waals surface area contributed by atoms with Crippen LogP contribution >= 0.6 is 0 Å². The Hall–Kier alpha value is -1.91. The summed E-state index contributed by atoms with van der Waals surface area (Å²) >= 11 is 0. The molecule has 21 heavy (non-hydrogen) atoms. The summed E-state index contributed by atoms with van der Waals surface area (Å²) in [4.78, 5) is 27.4. The van der Waals surface area contributed by atoms with Crippen LogP contribution in [0, 0.1) is 12.3 Å². The van der Waals surface area contributed by atoms with Crippen LogP contribution in [0.15, 0.2) is 18.5 Å². The van der Waals surface area contributed by atoms with Gasteiger partial charge in [-0.15, -0.1) is 0 Å². The molecule has 0 atom stereocenters. The number of carboxylic acid groups (broad SMARTS) is 1. The number of hydrogen-bond acceptors (Lipinski definition) is 3. The van der Waals surface area contributed by atoms with Crippen LogP contribution in [0.4, 0.5) is 5.69 Å². The van der Waals surface area contributed by atoms with Crippen LogP contribution in [0.3, 0.4) is 0 Å². The standard InChI is InChI=1S/C16H22N2O3/c1-12-11-17-8-5-13(12)18-14(19)9-16(10-15(20)21)6-3-2-4-7-16/h5,8,11H,2-4,6-7,9-10H2,1H3,(H,20,21)(H,17,18,19). The van der Waals surface area contributed by atoms with Gasteiger partial charge in [0.25, 0.3) is 0 Å². The first-order valence-electron chi connectivity index (χ1n) is 7.43. The van der Waals surface area contributed by atoms with E-state index < -0.39 is 5.97 Å². The highest BCUT2D eigenvalue weighted by atomic mass is 16.4. The lowest BCUT2D eigenvalue weighted by Gasteiger charge is -2.35. The zero-order valence-electron chi connectivity index (χ0n) is 12.4. The zero-order chi connectivity index (χ0) is 15.3. The van der Waals surface area contributed by atoms with Gasteiger partial charge in [-0.3, -0.25) is 14.6 Å². The van der Waals surface area contributed by atoms with Gasteiger partial charge >= 0.3 is 5.97 Å². The number of pyridine rings is 1. The number of carboxylic acids is 1. The van der Waals surface area contributed by atoms with Crippen molar-refractivity contribution in [2.24, 2.45) is 5.41 Å². The fraction of sp³-hybridized carbons (Fsp3) is 0.562. The summed E-state index contributed by atoms with van der Waals surface area (Å²) in [5.41, 5.74) is 1.27. The quantitative estimate of drug-likeness (QED) is 0.873. The van der Waals surface area contributed by atoms with Crippen molar-refractivity contribution in [3.05, 3.63) is 24.0 Å². The van der Waals surface area contributed by atoms with Crippen LogP contribution < -0.4 is 5.32 Å². The van der Waals surface area contributed by atoms with Crippen molar-refractivity contribution in [2.45, 2.75) is 51.9 Å². The first kappa shape index (κ1) is 15.5. The lowest BCUT2D eigenvalue weighted by atomic mass is 9.69. The smallest absolute Gasteiger partial charge is 0.303 e. The number of anilines is 1. The topological polar surface area (TPSA) is 79.3 Å². The van der Waals surface area contributed by atoms with E-state index >= 15 is 0 Å². The predicted octanol–water partition coefficient (Wildman–Crippen LogP) is 3.14. The number of rotatable bonds is 5. The monoisotopic (exact) mass is 290 g/mol. The number of carbonyl (C=O) groups excluding carboxylic acids is 1. The van der Waals surface area contributed by atoms with Gasteiger partial charge in [0.05, 0.1) is 6.42 Å². The molecule has 1 fully saturated rings. The van der Waals surface area contributed by atoms with Crippen LogP contribution in [0.1, 0.15) is 50.5 Å². The van der Waals surface area contributed by atoms with Crippen molar-refractivity contribution in [1.82, 2.24) is 4.98 Å². The molecule has 0 saturated heterocycles. The second-order valence-corrected chi connectivity index (χ2v) is 6.05. The van der Waals surface area contributed by atoms with Crippen molar-refractivity contribution in [1.29, 1.82) is 0 Å². The molecule has 0 spiro atoms. The van der Waals surface area contributed by atoms with Crippen LogP contribution in [0.25, 0.3) is 0 Å². The highest BCUT2D eigenvalue weighted by molar-refractivity contribution is 5.92. The number of hydrogen-bond donors (Lipinski definition) is 2. The molecule has 0 aliphatic heterocycles. The second kappa shape index (κ2) is 6.70. The molecule has 1 heterocycles. The minimum atomic E-state index is -0.815. The normalized spacial score (nSPS) is 17.2. The second-order valence-electron chi connectivity index (χ2n) is 6.05. The SMILES string of the molecule is Cc1cnccc1NC(=O)CC1(CC(=O)O)CCCCC1. The molecule has 1 aliphatic carbocycles. The number of nitrogens with one attached hydrogen (secondary N) is 1. The zero-order valence-corrected chi connectivity index (χ0v) is 12.4. The summed E-state index contributed by atoms with van der Waals surface area (Å²) < 4.78 is 0. The van der Waals surface area contributed by atoms with Crippen LogP contribution in [0.5, 0.6) is 0 Å². The van der Waals surface area contributed by atoms with E-state index in [1.807, 2.05) is 6.92 Å². The van der Waals surface area contributed by atoms with Gasteiger partial charge in [0, 0.05) is 24.5 Å². The molecule has 5 heteroatoms. The summed E-state index contributed by atoms with van der Waals surface area (Å²) in [5, 5.41) is 12.0. The molecule has 0 bridgehead atoms. The Morgan fingerprint density at radius 2 is 2.00 bits per heavy atom. The highest BCUT2D eigenvalue weighted by Crippen LogP contribution is 2.42. The average Bonchev–Trinajstić information content (AvgIpc) is 2.41. The third kappa shape index (κ3) is 4.28. The minimum Gasteiger partial charge on any atom is -0.481 e. The van der Waals surface area contributed by atoms with E-state index in [9.17, 15) is 9.59 Å². The molecule has 2 N–H and O–H groups in total. The van der Waals surface area contributed by atoms with Gasteiger partial charge < -0.3 is 10.4 Å². The van der Waals surface area contributed by atoms with Crippen LogP contribution in [-0.4, -0.2) is 22.0 Å². The number of aliphatic carboxylic acids is 1. The van der Waals surface area contributed by atoms with Crippen molar-refractivity contribution in [3.63, 3.8) is 0 Å². The van der Waals surface area contributed by atoms with Gasteiger partial charge in [0.2, 0.25) is 5.91 Å². The van der Waals surface area contributed by atoms with E-state index in [4.69, 9.17) is 5.11 Å². The predicted molar refractivity (Wildman–Crippen MR) is 80.0 cm³/mol. The van der Waals surface area contributed by atoms with Crippen LogP contribution in [0.2, 0.25) is 0 Å². The van der Waals surface area contributed by atoms with Gasteiger partial charge in [-0.2, -0.15) is 0 Å². The minimum absolute atomic E-state index is 0.0791. The maximum absolute atomic E-state index is 12.3. The van der Waals surface area contributed by atoms with Crippen LogP contribution in [-0.2, 0) is 9.59 Å². The molecular weight excluding hydrogens is 268 g/mol. The molecule has 1 aromatic rings. The first-order valence-corrected chi connectivity index (χ1v) is 7.43. The first-order chi connectivity index (χ1) is 10.0. The van der Waals surface area contributed by atoms with E-state index in [2.05, 4.69) is 10.3 Å². The Morgan fingerprint density at radius 3 is 2.62 bits per heavy atom. The van der Waals surface area contributed by atoms with E-state index in [1.54, 1.807) is 18.5 Å². The molecule has 2 rings (SSSR count). The maximum atomic E-state index is 12.3. The molecule has 1 aliphatic rings. The Balaban J connectivity index is 2.04. The Kier molecular flexibility index (Phi) is 4.94. The van der Waals surface area contributed by atoms with Gasteiger partial charge in [0.15, 0.2) is 0 Å². The molecule has 0 radical (unpaired) electrons. The molecule has 5 nitrogen and oxygen atoms in total. The molecule has 0 aromatic carbocycles. The van der Waals surface area contributed by atoms with Crippen molar-refractivity contribution in [3.8, 4) is 0 Å². The Labute approximate surface area is 124 Å². The summed E-state index contributed by atoms with van der Waals surface area (Å²) in [6, 6.07) is 1.76. The van der Waals surface area contributed by atoms with E-state index in [0.29, 0.717) is 0 Å². The number of amides is 1. The lowest BCUT2D eigenvalue weighted by Crippen LogP contribution is -2.32. The molecule has 0 unspecified atom stereocenters. The third-order valence-corrected chi connectivity index (χ3v) is 4.27. The fourth-order valence-electron chi connectivity index (χ4n) is 3.19. The third-order valence-electron chi connectivity index (χ3n) is 4.27. The maximum Gasteiger partial charge on any atom is 0.303 e. The molecule has 114 valence electrons. The Bertz CT molecular complexity index is 522. The van der Waals surface area contributed by atoms with Crippen molar-refractivity contribution < 1.29 is 14.7 Å². The summed E-state index contributed by atoms with van der Waals surface area (Å²) in [5.74, 6) is -0.919. The van der Waals surface area contributed by atoms with Crippen molar-refractivity contribution in [2.75, 3.05) is 5.32 Å². The summed E-state index contributed by atoms with van der Waals surface area (Å²) in [7, 11) is 0. The van der Waals surface area contributed by atoms with Gasteiger partial charge in [-0.1, -0.05) is 19.3 Å². The van der Waals surface area contributed by atoms with Gasteiger partial charge in [-0.05, 0) is 36.8 Å². The number of carbonyl (C=O) groups is 2. The summed E-state index contributed by atoms with van der Waals surface area (Å²) in [6.45, 7) is 1.89. The van der Waals surface area contributed by atoms with Crippen molar-refractivity contribution >= 4 is 17.6 Å². The van der Waals surface area contributed by atoms with E-state index in [1.165, 1.54) is 0 Å². The summed E-state index contributed by atoms with van der Waals surface area (Å²) in [6.07, 6.45) is 8.48. The number of nitrogens with zero attached hydrogens (tertiary/aromatic N) is 1. The molecule has 1 aromatic heterocycles. The van der Waals surface area contributed by atoms with Gasteiger partial charge in [0.1, 0.15) is 0 Å². The molecule has 1 saturated carbocycles. The number of aromatic nitrogens is 1. The largest absolute Gasteiger partial charge is 0.481 e. The number of aryl methyl sites for hydroxylation is 1. The Morgan fingerprint density at radius 1 is 1.29 bits per heavy atom. The van der Waals surface area contributed by atoms with E-state index in [-0.39, 0.29) is 24.2 Å². The molecule has 1 amide bonds. The average molecular weight is 290 g/mol. The highest BCUT2D eigenvalue weighted by Gasteiger charge is 2.36. The fourth-order valence-corrected chi connectivity index (χ4v) is 3.19. The lowest BCUT2D eigenvalue weighted by molar-refractivity contribution is -0.140. The van der Waals surface area contributed by atoms with Gasteiger partial charge in [-0.25, -0.2) is 0 Å². The van der Waals surface area contributed by atoms with E-state index in [0.717, 1.165) is 43.4 Å². The molecular formula is C16H22N2O3.